The van der Waals surface area contributed by atoms with E-state index < -0.39 is 11.9 Å². The summed E-state index contributed by atoms with van der Waals surface area (Å²) in [6, 6.07) is 1.15. The monoisotopic (exact) mass is 237 g/mol. The van der Waals surface area contributed by atoms with Crippen LogP contribution in [0.4, 0.5) is 13.2 Å². The van der Waals surface area contributed by atoms with Crippen LogP contribution in [-0.2, 0) is 19.1 Å². The Hall–Kier alpha value is -1.04. The lowest BCUT2D eigenvalue weighted by Crippen LogP contribution is -2.14. The van der Waals surface area contributed by atoms with Crippen molar-refractivity contribution in [3.05, 3.63) is 17.5 Å². The van der Waals surface area contributed by atoms with Gasteiger partial charge in [-0.05, 0) is 18.9 Å². The third kappa shape index (κ3) is 3.52. The molecule has 0 spiro atoms. The second kappa shape index (κ2) is 5.89. The molecule has 0 aliphatic rings. The highest BCUT2D eigenvalue weighted by Gasteiger charge is 2.35. The molecule has 0 saturated carbocycles. The first-order valence-electron chi connectivity index (χ1n) is 5.13. The van der Waals surface area contributed by atoms with E-state index in [0.29, 0.717) is 25.1 Å². The van der Waals surface area contributed by atoms with Gasteiger partial charge in [0.25, 0.3) is 0 Å². The third-order valence-electron chi connectivity index (χ3n) is 2.06. The predicted molar refractivity (Wildman–Crippen MR) is 56.5 cm³/mol. The van der Waals surface area contributed by atoms with Gasteiger partial charge in [0.15, 0.2) is 0 Å². The third-order valence-corrected chi connectivity index (χ3v) is 2.06. The van der Waals surface area contributed by atoms with Crippen molar-refractivity contribution >= 4 is 0 Å². The highest BCUT2D eigenvalue weighted by molar-refractivity contribution is 5.13. The zero-order valence-corrected chi connectivity index (χ0v) is 9.64. The van der Waals surface area contributed by atoms with E-state index in [2.05, 4.69) is 5.10 Å². The topological polar surface area (TPSA) is 52.8 Å². The Balaban J connectivity index is 0.00000225. The number of aryl methyl sites for hydroxylation is 2. The summed E-state index contributed by atoms with van der Waals surface area (Å²) in [4.78, 5) is 0. The molecule has 0 atom stereocenters. The average molecular weight is 237 g/mol. The number of rotatable bonds is 4. The van der Waals surface area contributed by atoms with E-state index in [1.165, 1.54) is 0 Å². The first-order chi connectivity index (χ1) is 6.99. The fourth-order valence-electron chi connectivity index (χ4n) is 1.46. The van der Waals surface area contributed by atoms with Crippen LogP contribution >= 0.6 is 0 Å². The average Bonchev–Trinajstić information content (AvgIpc) is 2.49. The van der Waals surface area contributed by atoms with Gasteiger partial charge in [-0.1, -0.05) is 20.3 Å². The Bertz CT molecular complexity index is 318. The number of alkyl halides is 3. The van der Waals surface area contributed by atoms with E-state index in [1.54, 1.807) is 0 Å². The van der Waals surface area contributed by atoms with Crippen LogP contribution in [0.2, 0.25) is 0 Å². The van der Waals surface area contributed by atoms with Gasteiger partial charge >= 0.3 is 6.18 Å². The Labute approximate surface area is 93.2 Å². The second-order valence-corrected chi connectivity index (χ2v) is 3.49. The summed E-state index contributed by atoms with van der Waals surface area (Å²) in [5.74, 6) is 0. The molecule has 94 valence electrons. The quantitative estimate of drug-likeness (QED) is 0.872. The molecule has 0 amide bonds. The Morgan fingerprint density at radius 1 is 1.25 bits per heavy atom. The summed E-state index contributed by atoms with van der Waals surface area (Å²) in [6.45, 7) is 4.08. The minimum Gasteiger partial charge on any atom is -0.344 e. The molecule has 1 aromatic heterocycles. The molecule has 0 bridgehead atoms. The molecule has 0 unspecified atom stereocenters. The number of aromatic nitrogens is 2. The van der Waals surface area contributed by atoms with Crippen molar-refractivity contribution in [1.82, 2.24) is 15.9 Å². The van der Waals surface area contributed by atoms with Crippen LogP contribution in [0.5, 0.6) is 0 Å². The van der Waals surface area contributed by atoms with E-state index in [1.807, 2.05) is 13.8 Å². The molecule has 6 heteroatoms. The lowest BCUT2D eigenvalue weighted by molar-refractivity contribution is -0.144. The number of halogens is 3. The van der Waals surface area contributed by atoms with Crippen LogP contribution in [0.1, 0.15) is 38.1 Å². The van der Waals surface area contributed by atoms with Crippen LogP contribution in [0.15, 0.2) is 6.07 Å². The molecule has 1 rings (SSSR count). The van der Waals surface area contributed by atoms with Gasteiger partial charge in [0.05, 0.1) is 5.69 Å². The lowest BCUT2D eigenvalue weighted by atomic mass is 10.2. The minimum atomic E-state index is -4.30. The fraction of sp³-hybridized carbons (Fsp3) is 0.700. The smallest absolute Gasteiger partial charge is 0.344 e. The van der Waals surface area contributed by atoms with Crippen molar-refractivity contribution in [2.45, 2.75) is 45.8 Å². The van der Waals surface area contributed by atoms with Gasteiger partial charge in [0, 0.05) is 6.54 Å². The van der Waals surface area contributed by atoms with Crippen LogP contribution in [0.25, 0.3) is 0 Å². The van der Waals surface area contributed by atoms with E-state index in [9.17, 15) is 13.2 Å². The molecule has 1 aromatic rings. The molecular formula is C10H18F3N3. The maximum Gasteiger partial charge on any atom is 0.433 e. The lowest BCUT2D eigenvalue weighted by Gasteiger charge is -2.08. The predicted octanol–water partition coefficient (Wildman–Crippen LogP) is 3.43. The zero-order valence-electron chi connectivity index (χ0n) is 9.64. The summed E-state index contributed by atoms with van der Waals surface area (Å²) in [7, 11) is 0. The maximum absolute atomic E-state index is 12.6. The standard InChI is InChI=1S/C10H15F3N2.H3N/c1-3-5-8-7-9(10(11,12)13)15(14-8)6-4-2;/h7H,3-6H2,1-2H3;1H3. The highest BCUT2D eigenvalue weighted by atomic mass is 19.4. The fourth-order valence-corrected chi connectivity index (χ4v) is 1.46. The van der Waals surface area contributed by atoms with Gasteiger partial charge in [-0.2, -0.15) is 18.3 Å². The Morgan fingerprint density at radius 2 is 1.88 bits per heavy atom. The van der Waals surface area contributed by atoms with Crippen molar-refractivity contribution in [2.24, 2.45) is 0 Å². The Morgan fingerprint density at radius 3 is 2.31 bits per heavy atom. The molecule has 0 radical (unpaired) electrons. The molecule has 3 N–H and O–H groups in total. The summed E-state index contributed by atoms with van der Waals surface area (Å²) in [5.41, 5.74) is -0.105. The first kappa shape index (κ1) is 15.0. The highest BCUT2D eigenvalue weighted by Crippen LogP contribution is 2.30. The Kier molecular flexibility index (Phi) is 5.50. The van der Waals surface area contributed by atoms with Crippen LogP contribution < -0.4 is 6.15 Å². The first-order valence-corrected chi connectivity index (χ1v) is 5.13. The van der Waals surface area contributed by atoms with Crippen molar-refractivity contribution < 1.29 is 13.2 Å². The molecule has 3 nitrogen and oxygen atoms in total. The van der Waals surface area contributed by atoms with Crippen molar-refractivity contribution in [2.75, 3.05) is 0 Å². The zero-order chi connectivity index (χ0) is 11.5. The molecule has 16 heavy (non-hydrogen) atoms. The van der Waals surface area contributed by atoms with Crippen LogP contribution in [0.3, 0.4) is 0 Å². The molecule has 0 fully saturated rings. The van der Waals surface area contributed by atoms with E-state index in [0.717, 1.165) is 17.2 Å². The molecule has 0 saturated heterocycles. The van der Waals surface area contributed by atoms with Crippen LogP contribution in [0, 0.1) is 0 Å². The second-order valence-electron chi connectivity index (χ2n) is 3.49. The van der Waals surface area contributed by atoms with Gasteiger partial charge < -0.3 is 6.15 Å². The number of hydrogen-bond donors (Lipinski definition) is 1. The van der Waals surface area contributed by atoms with E-state index in [-0.39, 0.29) is 6.15 Å². The number of hydrogen-bond acceptors (Lipinski definition) is 2. The van der Waals surface area contributed by atoms with Gasteiger partial charge in [0.1, 0.15) is 5.69 Å². The van der Waals surface area contributed by atoms with Gasteiger partial charge in [0.2, 0.25) is 0 Å². The summed E-state index contributed by atoms with van der Waals surface area (Å²) in [5, 5.41) is 3.95. The largest absolute Gasteiger partial charge is 0.433 e. The maximum atomic E-state index is 12.6. The van der Waals surface area contributed by atoms with E-state index in [4.69, 9.17) is 0 Å². The van der Waals surface area contributed by atoms with Crippen LogP contribution in [-0.4, -0.2) is 9.78 Å². The van der Waals surface area contributed by atoms with Gasteiger partial charge in [-0.25, -0.2) is 0 Å². The normalized spacial score (nSPS) is 11.3. The molecule has 1 heterocycles. The molecule has 0 aromatic carbocycles. The number of nitrogens with zero attached hydrogens (tertiary/aromatic N) is 2. The van der Waals surface area contributed by atoms with Crippen molar-refractivity contribution in [1.29, 1.82) is 0 Å². The van der Waals surface area contributed by atoms with Gasteiger partial charge in [-0.3, -0.25) is 4.68 Å². The van der Waals surface area contributed by atoms with Crippen molar-refractivity contribution in [3.8, 4) is 0 Å². The summed E-state index contributed by atoms with van der Waals surface area (Å²) in [6.07, 6.45) is -2.25. The minimum absolute atomic E-state index is 0. The molecule has 0 aliphatic carbocycles. The SMILES string of the molecule is CCCc1cc(C(F)(F)F)n(CCC)n1.N. The van der Waals surface area contributed by atoms with Crippen molar-refractivity contribution in [3.63, 3.8) is 0 Å². The summed E-state index contributed by atoms with van der Waals surface area (Å²) >= 11 is 0. The molecular weight excluding hydrogens is 219 g/mol. The van der Waals surface area contributed by atoms with E-state index >= 15 is 0 Å². The summed E-state index contributed by atoms with van der Waals surface area (Å²) < 4.78 is 38.8. The van der Waals surface area contributed by atoms with Gasteiger partial charge in [-0.15, -0.1) is 0 Å². The molecule has 0 aliphatic heterocycles.